The van der Waals surface area contributed by atoms with Crippen molar-refractivity contribution in [1.82, 2.24) is 13.6 Å². The number of nitrogens with zero attached hydrogens (tertiary/aromatic N) is 3. The summed E-state index contributed by atoms with van der Waals surface area (Å²) in [7, 11) is -3.34. The van der Waals surface area contributed by atoms with E-state index >= 15 is 0 Å². The van der Waals surface area contributed by atoms with Gasteiger partial charge in [0.25, 0.3) is 10.2 Å². The van der Waals surface area contributed by atoms with Crippen LogP contribution >= 0.6 is 0 Å². The summed E-state index contributed by atoms with van der Waals surface area (Å²) in [4.78, 5) is 4.25. The molecule has 2 aliphatic rings. The average molecular weight is 326 g/mol. The second kappa shape index (κ2) is 6.91. The molecule has 2 aliphatic heterocycles. The summed E-state index contributed by atoms with van der Waals surface area (Å²) in [5, 5.41) is 3.37. The van der Waals surface area contributed by atoms with Gasteiger partial charge < -0.3 is 10.1 Å². The zero-order chi connectivity index (χ0) is 15.4. The van der Waals surface area contributed by atoms with Gasteiger partial charge in [0.2, 0.25) is 0 Å². The second-order valence-electron chi connectivity index (χ2n) is 5.55. The molecule has 2 saturated heterocycles. The minimum absolute atomic E-state index is 0.269. The molecule has 22 heavy (non-hydrogen) atoms. The summed E-state index contributed by atoms with van der Waals surface area (Å²) in [6, 6.07) is 6.01. The third-order valence-corrected chi connectivity index (χ3v) is 6.13. The lowest BCUT2D eigenvalue weighted by atomic mass is 10.1. The first-order valence-electron chi connectivity index (χ1n) is 7.67. The molecule has 0 unspecified atom stereocenters. The fraction of sp³-hybridized carbons (Fsp3) is 0.643. The van der Waals surface area contributed by atoms with Gasteiger partial charge in [-0.15, -0.1) is 0 Å². The van der Waals surface area contributed by atoms with E-state index in [9.17, 15) is 8.42 Å². The molecule has 3 heterocycles. The van der Waals surface area contributed by atoms with Gasteiger partial charge in [0.1, 0.15) is 5.82 Å². The number of nitrogens with one attached hydrogen (secondary N) is 1. The monoisotopic (exact) mass is 326 g/mol. The summed E-state index contributed by atoms with van der Waals surface area (Å²) >= 11 is 0. The van der Waals surface area contributed by atoms with E-state index in [4.69, 9.17) is 4.74 Å². The number of pyridine rings is 1. The van der Waals surface area contributed by atoms with Gasteiger partial charge in [0, 0.05) is 38.4 Å². The predicted octanol–water partition coefficient (Wildman–Crippen LogP) is 0.535. The highest BCUT2D eigenvalue weighted by atomic mass is 32.2. The van der Waals surface area contributed by atoms with Gasteiger partial charge in [0.15, 0.2) is 0 Å². The SMILES string of the molecule is O=S(=O)(N1CCOCC1)N1CCC(Nc2ccccn2)CC1. The van der Waals surface area contributed by atoms with Crippen molar-refractivity contribution in [3.05, 3.63) is 24.4 Å². The molecule has 1 N–H and O–H groups in total. The van der Waals surface area contributed by atoms with Crippen molar-refractivity contribution in [1.29, 1.82) is 0 Å². The average Bonchev–Trinajstić information content (AvgIpc) is 2.57. The molecule has 0 aliphatic carbocycles. The first kappa shape index (κ1) is 15.7. The third-order valence-electron chi connectivity index (χ3n) is 4.09. The molecule has 1 aromatic rings. The third kappa shape index (κ3) is 3.57. The van der Waals surface area contributed by atoms with Gasteiger partial charge in [-0.05, 0) is 25.0 Å². The van der Waals surface area contributed by atoms with E-state index in [1.165, 1.54) is 4.31 Å². The number of hydrogen-bond acceptors (Lipinski definition) is 5. The molecule has 0 atom stereocenters. The molecule has 0 amide bonds. The molecule has 1 aromatic heterocycles. The molecular formula is C14H22N4O3S. The fourth-order valence-electron chi connectivity index (χ4n) is 2.83. The molecule has 8 heteroatoms. The van der Waals surface area contributed by atoms with Crippen molar-refractivity contribution in [2.24, 2.45) is 0 Å². The molecule has 0 spiro atoms. The smallest absolute Gasteiger partial charge is 0.282 e. The summed E-state index contributed by atoms with van der Waals surface area (Å²) in [6.07, 6.45) is 3.33. The quantitative estimate of drug-likeness (QED) is 0.874. The second-order valence-corrected chi connectivity index (χ2v) is 7.48. The lowest BCUT2D eigenvalue weighted by Crippen LogP contribution is -2.51. The zero-order valence-corrected chi connectivity index (χ0v) is 13.3. The van der Waals surface area contributed by atoms with E-state index in [0.29, 0.717) is 39.4 Å². The van der Waals surface area contributed by atoms with Gasteiger partial charge >= 0.3 is 0 Å². The number of morpholine rings is 1. The number of rotatable bonds is 4. The van der Waals surface area contributed by atoms with Crippen LogP contribution < -0.4 is 5.32 Å². The van der Waals surface area contributed by atoms with Crippen LogP contribution in [0.15, 0.2) is 24.4 Å². The van der Waals surface area contributed by atoms with Gasteiger partial charge in [-0.3, -0.25) is 0 Å². The van der Waals surface area contributed by atoms with Crippen molar-refractivity contribution in [2.45, 2.75) is 18.9 Å². The van der Waals surface area contributed by atoms with E-state index < -0.39 is 10.2 Å². The minimum Gasteiger partial charge on any atom is -0.379 e. The van der Waals surface area contributed by atoms with Crippen LogP contribution in [-0.2, 0) is 14.9 Å². The first-order valence-corrected chi connectivity index (χ1v) is 9.06. The zero-order valence-electron chi connectivity index (χ0n) is 12.5. The van der Waals surface area contributed by atoms with Crippen LogP contribution in [0.2, 0.25) is 0 Å². The Labute approximate surface area is 131 Å². The molecule has 0 bridgehead atoms. The van der Waals surface area contributed by atoms with Crippen LogP contribution in [0.3, 0.4) is 0 Å². The number of ether oxygens (including phenoxy) is 1. The summed E-state index contributed by atoms with van der Waals surface area (Å²) in [6.45, 7) is 2.96. The van der Waals surface area contributed by atoms with Gasteiger partial charge in [-0.25, -0.2) is 4.98 Å². The van der Waals surface area contributed by atoms with Gasteiger partial charge in [0.05, 0.1) is 13.2 Å². The van der Waals surface area contributed by atoms with E-state index in [1.54, 1.807) is 10.5 Å². The normalized spacial score (nSPS) is 22.5. The van der Waals surface area contributed by atoms with E-state index in [2.05, 4.69) is 10.3 Å². The van der Waals surface area contributed by atoms with Crippen LogP contribution in [0.25, 0.3) is 0 Å². The summed E-state index contributed by atoms with van der Waals surface area (Å²) < 4.78 is 33.5. The molecule has 0 radical (unpaired) electrons. The van der Waals surface area contributed by atoms with Crippen LogP contribution in [-0.4, -0.2) is 67.4 Å². The highest BCUT2D eigenvalue weighted by Crippen LogP contribution is 2.20. The molecule has 2 fully saturated rings. The van der Waals surface area contributed by atoms with Crippen molar-refractivity contribution < 1.29 is 13.2 Å². The van der Waals surface area contributed by atoms with Crippen molar-refractivity contribution in [3.8, 4) is 0 Å². The Morgan fingerprint density at radius 1 is 1.09 bits per heavy atom. The van der Waals surface area contributed by atoms with Gasteiger partial charge in [-0.2, -0.15) is 17.0 Å². The van der Waals surface area contributed by atoms with Crippen LogP contribution in [0.1, 0.15) is 12.8 Å². The van der Waals surface area contributed by atoms with Crippen molar-refractivity contribution >= 4 is 16.0 Å². The Hall–Kier alpha value is -1.22. The Bertz CT molecular complexity index is 567. The number of piperidine rings is 1. The fourth-order valence-corrected chi connectivity index (χ4v) is 4.44. The molecular weight excluding hydrogens is 304 g/mol. The molecule has 3 rings (SSSR count). The highest BCUT2D eigenvalue weighted by Gasteiger charge is 2.33. The first-order chi connectivity index (χ1) is 10.7. The van der Waals surface area contributed by atoms with Crippen molar-refractivity contribution in [2.75, 3.05) is 44.7 Å². The van der Waals surface area contributed by atoms with Crippen LogP contribution in [0, 0.1) is 0 Å². The standard InChI is InChI=1S/C14H22N4O3S/c19-22(20,18-9-11-21-12-10-18)17-7-4-13(5-8-17)16-14-3-1-2-6-15-14/h1-3,6,13H,4-5,7-12H2,(H,15,16). The largest absolute Gasteiger partial charge is 0.379 e. The molecule has 122 valence electrons. The lowest BCUT2D eigenvalue weighted by Gasteiger charge is -2.36. The summed E-state index contributed by atoms with van der Waals surface area (Å²) in [5.74, 6) is 0.844. The Balaban J connectivity index is 1.54. The number of hydrogen-bond donors (Lipinski definition) is 1. The van der Waals surface area contributed by atoms with E-state index in [-0.39, 0.29) is 6.04 Å². The Kier molecular flexibility index (Phi) is 4.92. The highest BCUT2D eigenvalue weighted by molar-refractivity contribution is 7.86. The number of aromatic nitrogens is 1. The van der Waals surface area contributed by atoms with E-state index in [0.717, 1.165) is 18.7 Å². The summed E-state index contributed by atoms with van der Waals surface area (Å²) in [5.41, 5.74) is 0. The van der Waals surface area contributed by atoms with Crippen molar-refractivity contribution in [3.63, 3.8) is 0 Å². The predicted molar refractivity (Wildman–Crippen MR) is 83.8 cm³/mol. The van der Waals surface area contributed by atoms with Crippen LogP contribution in [0.5, 0.6) is 0 Å². The molecule has 7 nitrogen and oxygen atoms in total. The topological polar surface area (TPSA) is 74.8 Å². The van der Waals surface area contributed by atoms with Crippen LogP contribution in [0.4, 0.5) is 5.82 Å². The maximum absolute atomic E-state index is 12.6. The maximum atomic E-state index is 12.6. The minimum atomic E-state index is -3.34. The Morgan fingerprint density at radius 2 is 1.77 bits per heavy atom. The lowest BCUT2D eigenvalue weighted by molar-refractivity contribution is 0.0697. The maximum Gasteiger partial charge on any atom is 0.282 e. The molecule has 0 aromatic carbocycles. The Morgan fingerprint density at radius 3 is 2.41 bits per heavy atom. The molecule has 0 saturated carbocycles. The number of anilines is 1. The van der Waals surface area contributed by atoms with E-state index in [1.807, 2.05) is 18.2 Å². The van der Waals surface area contributed by atoms with Gasteiger partial charge in [-0.1, -0.05) is 6.07 Å².